The van der Waals surface area contributed by atoms with E-state index in [-0.39, 0.29) is 18.0 Å². The Bertz CT molecular complexity index is 875. The van der Waals surface area contributed by atoms with Gasteiger partial charge in [-0.25, -0.2) is 8.42 Å². The average Bonchev–Trinajstić information content (AvgIpc) is 3.07. The van der Waals surface area contributed by atoms with Crippen molar-refractivity contribution < 1.29 is 17.9 Å². The first-order chi connectivity index (χ1) is 11.5. The molecule has 0 saturated heterocycles. The molecule has 124 valence electrons. The van der Waals surface area contributed by atoms with Crippen LogP contribution >= 0.6 is 0 Å². The lowest BCUT2D eigenvalue weighted by atomic mass is 10.3. The number of hydrogen-bond donors (Lipinski definition) is 1. The van der Waals surface area contributed by atoms with Crippen LogP contribution in [0.3, 0.4) is 0 Å². The standard InChI is InChI=1S/C17H16N2O4S/c18-17(20)13-10-11-19(12-13)24(21,22)16-8-6-15(7-9-16)23-14-4-2-1-3-5-14/h1-10H,11-12H2,(H2,18,20). The summed E-state index contributed by atoms with van der Waals surface area (Å²) in [7, 11) is -3.68. The van der Waals surface area contributed by atoms with E-state index < -0.39 is 15.9 Å². The number of carbonyl (C=O) groups excluding carboxylic acids is 1. The van der Waals surface area contributed by atoms with Crippen LogP contribution in [0, 0.1) is 0 Å². The van der Waals surface area contributed by atoms with Gasteiger partial charge in [-0.1, -0.05) is 24.3 Å². The molecule has 1 heterocycles. The molecule has 24 heavy (non-hydrogen) atoms. The summed E-state index contributed by atoms with van der Waals surface area (Å²) in [6, 6.07) is 15.4. The van der Waals surface area contributed by atoms with Gasteiger partial charge in [-0.15, -0.1) is 0 Å². The maximum Gasteiger partial charge on any atom is 0.245 e. The van der Waals surface area contributed by atoms with E-state index in [0.717, 1.165) is 0 Å². The monoisotopic (exact) mass is 344 g/mol. The quantitative estimate of drug-likeness (QED) is 0.897. The Morgan fingerprint density at radius 1 is 1.00 bits per heavy atom. The Morgan fingerprint density at radius 2 is 1.62 bits per heavy atom. The van der Waals surface area contributed by atoms with Crippen molar-refractivity contribution in [3.05, 3.63) is 66.2 Å². The third-order valence-electron chi connectivity index (χ3n) is 3.64. The van der Waals surface area contributed by atoms with Gasteiger partial charge in [-0.2, -0.15) is 4.31 Å². The van der Waals surface area contributed by atoms with Gasteiger partial charge in [0, 0.05) is 18.7 Å². The van der Waals surface area contributed by atoms with Crippen LogP contribution in [0.1, 0.15) is 0 Å². The minimum absolute atomic E-state index is 0.0000660. The minimum atomic E-state index is -3.68. The van der Waals surface area contributed by atoms with E-state index in [4.69, 9.17) is 10.5 Å². The van der Waals surface area contributed by atoms with Crippen LogP contribution < -0.4 is 10.5 Å². The number of hydrogen-bond acceptors (Lipinski definition) is 4. The van der Waals surface area contributed by atoms with Crippen LogP contribution in [0.25, 0.3) is 0 Å². The number of primary amides is 1. The summed E-state index contributed by atoms with van der Waals surface area (Å²) in [6.07, 6.45) is 1.53. The van der Waals surface area contributed by atoms with Gasteiger partial charge in [0.05, 0.1) is 4.90 Å². The molecule has 6 nitrogen and oxygen atoms in total. The SMILES string of the molecule is NC(=O)C1=CCN(S(=O)(=O)c2ccc(Oc3ccccc3)cc2)C1. The molecule has 1 amide bonds. The summed E-state index contributed by atoms with van der Waals surface area (Å²) in [5, 5.41) is 0. The maximum absolute atomic E-state index is 12.6. The second-order valence-electron chi connectivity index (χ2n) is 5.28. The van der Waals surface area contributed by atoms with Gasteiger partial charge in [0.25, 0.3) is 0 Å². The van der Waals surface area contributed by atoms with Crippen molar-refractivity contribution in [3.63, 3.8) is 0 Å². The Kier molecular flexibility index (Phi) is 4.37. The largest absolute Gasteiger partial charge is 0.457 e. The smallest absolute Gasteiger partial charge is 0.245 e. The van der Waals surface area contributed by atoms with Crippen molar-refractivity contribution in [2.75, 3.05) is 13.1 Å². The molecule has 0 spiro atoms. The van der Waals surface area contributed by atoms with Gasteiger partial charge >= 0.3 is 0 Å². The first kappa shape index (κ1) is 16.2. The van der Waals surface area contributed by atoms with Crippen LogP contribution in [-0.2, 0) is 14.8 Å². The number of ether oxygens (including phenoxy) is 1. The van der Waals surface area contributed by atoms with Crippen molar-refractivity contribution >= 4 is 15.9 Å². The molecule has 2 aromatic rings. The highest BCUT2D eigenvalue weighted by molar-refractivity contribution is 7.89. The fourth-order valence-corrected chi connectivity index (χ4v) is 3.70. The molecule has 2 aromatic carbocycles. The van der Waals surface area contributed by atoms with Gasteiger partial charge in [-0.05, 0) is 36.4 Å². The molecule has 0 atom stereocenters. The lowest BCUT2D eigenvalue weighted by Gasteiger charge is -2.16. The lowest BCUT2D eigenvalue weighted by Crippen LogP contribution is -2.30. The van der Waals surface area contributed by atoms with Crippen LogP contribution in [-0.4, -0.2) is 31.7 Å². The molecule has 0 unspecified atom stereocenters. The zero-order valence-electron chi connectivity index (χ0n) is 12.8. The molecule has 0 aliphatic carbocycles. The molecule has 0 aromatic heterocycles. The molecule has 0 saturated carbocycles. The summed E-state index contributed by atoms with van der Waals surface area (Å²) in [5.41, 5.74) is 5.50. The number of benzene rings is 2. The number of sulfonamides is 1. The highest BCUT2D eigenvalue weighted by Gasteiger charge is 2.29. The number of nitrogens with zero attached hydrogens (tertiary/aromatic N) is 1. The summed E-state index contributed by atoms with van der Waals surface area (Å²) < 4.78 is 32.0. The van der Waals surface area contributed by atoms with E-state index in [0.29, 0.717) is 17.1 Å². The summed E-state index contributed by atoms with van der Waals surface area (Å²) in [6.45, 7) is 0.142. The van der Waals surface area contributed by atoms with Gasteiger partial charge in [0.2, 0.25) is 15.9 Å². The normalized spacial score (nSPS) is 15.1. The summed E-state index contributed by atoms with van der Waals surface area (Å²) in [4.78, 5) is 11.3. The molecule has 1 aliphatic rings. The molecule has 0 fully saturated rings. The number of para-hydroxylation sites is 1. The summed E-state index contributed by atoms with van der Waals surface area (Å²) in [5.74, 6) is 0.611. The van der Waals surface area contributed by atoms with Gasteiger partial charge in [-0.3, -0.25) is 4.79 Å². The van der Waals surface area contributed by atoms with Gasteiger partial charge in [0.1, 0.15) is 11.5 Å². The summed E-state index contributed by atoms with van der Waals surface area (Å²) >= 11 is 0. The molecule has 2 N–H and O–H groups in total. The molecule has 7 heteroatoms. The van der Waals surface area contributed by atoms with Crippen molar-refractivity contribution in [1.82, 2.24) is 4.31 Å². The Balaban J connectivity index is 1.74. The molecular formula is C17H16N2O4S. The Labute approximate surface area is 140 Å². The van der Waals surface area contributed by atoms with E-state index in [9.17, 15) is 13.2 Å². The van der Waals surface area contributed by atoms with Crippen LogP contribution in [0.4, 0.5) is 0 Å². The molecule has 3 rings (SSSR count). The zero-order valence-corrected chi connectivity index (χ0v) is 13.6. The van der Waals surface area contributed by atoms with Crippen molar-refractivity contribution in [2.24, 2.45) is 5.73 Å². The predicted molar refractivity (Wildman–Crippen MR) is 89.0 cm³/mol. The number of nitrogens with two attached hydrogens (primary N) is 1. The third-order valence-corrected chi connectivity index (χ3v) is 5.47. The zero-order chi connectivity index (χ0) is 17.2. The Morgan fingerprint density at radius 3 is 2.21 bits per heavy atom. The fourth-order valence-electron chi connectivity index (χ4n) is 2.35. The second kappa shape index (κ2) is 6.46. The van der Waals surface area contributed by atoms with Gasteiger partial charge < -0.3 is 10.5 Å². The molecule has 1 aliphatic heterocycles. The van der Waals surface area contributed by atoms with Crippen LogP contribution in [0.15, 0.2) is 71.1 Å². The second-order valence-corrected chi connectivity index (χ2v) is 7.22. The van der Waals surface area contributed by atoms with Crippen molar-refractivity contribution in [1.29, 1.82) is 0 Å². The topological polar surface area (TPSA) is 89.7 Å². The highest BCUT2D eigenvalue weighted by atomic mass is 32.2. The average molecular weight is 344 g/mol. The molecular weight excluding hydrogens is 328 g/mol. The molecule has 0 bridgehead atoms. The van der Waals surface area contributed by atoms with Gasteiger partial charge in [0.15, 0.2) is 0 Å². The highest BCUT2D eigenvalue weighted by Crippen LogP contribution is 2.25. The van der Waals surface area contributed by atoms with Crippen molar-refractivity contribution in [3.8, 4) is 11.5 Å². The predicted octanol–water partition coefficient (Wildman–Crippen LogP) is 1.89. The third kappa shape index (κ3) is 3.32. The minimum Gasteiger partial charge on any atom is -0.457 e. The van der Waals surface area contributed by atoms with E-state index in [1.165, 1.54) is 22.5 Å². The first-order valence-electron chi connectivity index (χ1n) is 7.29. The maximum atomic E-state index is 12.6. The van der Waals surface area contributed by atoms with E-state index in [1.807, 2.05) is 30.3 Å². The molecule has 0 radical (unpaired) electrons. The van der Waals surface area contributed by atoms with Crippen LogP contribution in [0.2, 0.25) is 0 Å². The van der Waals surface area contributed by atoms with E-state index >= 15 is 0 Å². The van der Waals surface area contributed by atoms with E-state index in [1.54, 1.807) is 12.1 Å². The number of rotatable bonds is 5. The Hall–Kier alpha value is -2.64. The number of carbonyl (C=O) groups is 1. The fraction of sp³-hybridized carbons (Fsp3) is 0.118. The number of amides is 1. The van der Waals surface area contributed by atoms with Crippen molar-refractivity contribution in [2.45, 2.75) is 4.90 Å². The van der Waals surface area contributed by atoms with Crippen LogP contribution in [0.5, 0.6) is 11.5 Å². The first-order valence-corrected chi connectivity index (χ1v) is 8.73. The van der Waals surface area contributed by atoms with E-state index in [2.05, 4.69) is 0 Å². The lowest BCUT2D eigenvalue weighted by molar-refractivity contribution is -0.114.